The molecule has 0 fully saturated rings. The van der Waals surface area contributed by atoms with Gasteiger partial charge in [-0.2, -0.15) is 0 Å². The summed E-state index contributed by atoms with van der Waals surface area (Å²) in [5, 5.41) is 12.0. The number of carbonyl (C=O) groups excluding carboxylic acids is 1. The minimum atomic E-state index is -1.11. The van der Waals surface area contributed by atoms with Crippen molar-refractivity contribution < 1.29 is 14.7 Å². The van der Waals surface area contributed by atoms with Gasteiger partial charge in [-0.15, -0.1) is 0 Å². The van der Waals surface area contributed by atoms with Gasteiger partial charge in [-0.25, -0.2) is 4.98 Å². The Morgan fingerprint density at radius 3 is 2.47 bits per heavy atom. The molecule has 19 heavy (non-hydrogen) atoms. The molecule has 1 heterocycles. The fraction of sp³-hybridized carbons (Fsp3) is 0.615. The SMILES string of the molecule is CCC(NC(=O)C(C(=O)O)C(C)(C)C)c1ncc[nH]1. The zero-order valence-corrected chi connectivity index (χ0v) is 11.7. The fourth-order valence-electron chi connectivity index (χ4n) is 1.96. The summed E-state index contributed by atoms with van der Waals surface area (Å²) in [6, 6.07) is -0.299. The normalized spacial score (nSPS) is 14.7. The summed E-state index contributed by atoms with van der Waals surface area (Å²) in [5.74, 6) is -2.05. The highest BCUT2D eigenvalue weighted by Gasteiger charge is 2.38. The number of hydrogen-bond acceptors (Lipinski definition) is 3. The van der Waals surface area contributed by atoms with Gasteiger partial charge in [0.1, 0.15) is 11.7 Å². The summed E-state index contributed by atoms with van der Waals surface area (Å²) < 4.78 is 0. The minimum Gasteiger partial charge on any atom is -0.481 e. The van der Waals surface area contributed by atoms with Crippen molar-refractivity contribution in [3.63, 3.8) is 0 Å². The predicted octanol–water partition coefficient (Wildman–Crippen LogP) is 1.72. The Kier molecular flexibility index (Phi) is 4.69. The number of aliphatic carboxylic acids is 1. The Morgan fingerprint density at radius 1 is 1.47 bits per heavy atom. The second kappa shape index (κ2) is 5.86. The van der Waals surface area contributed by atoms with Crippen molar-refractivity contribution in [3.05, 3.63) is 18.2 Å². The van der Waals surface area contributed by atoms with Crippen molar-refractivity contribution in [1.82, 2.24) is 15.3 Å². The molecule has 1 rings (SSSR count). The van der Waals surface area contributed by atoms with E-state index in [-0.39, 0.29) is 6.04 Å². The molecule has 1 aromatic heterocycles. The van der Waals surface area contributed by atoms with E-state index in [0.717, 1.165) is 0 Å². The smallest absolute Gasteiger partial charge is 0.316 e. The molecule has 6 heteroatoms. The van der Waals surface area contributed by atoms with Gasteiger partial charge in [0, 0.05) is 12.4 Å². The van der Waals surface area contributed by atoms with Crippen LogP contribution in [0.2, 0.25) is 0 Å². The van der Waals surface area contributed by atoms with E-state index in [1.807, 2.05) is 6.92 Å². The highest BCUT2D eigenvalue weighted by atomic mass is 16.4. The number of carbonyl (C=O) groups is 2. The summed E-state index contributed by atoms with van der Waals surface area (Å²) >= 11 is 0. The molecule has 106 valence electrons. The van der Waals surface area contributed by atoms with Crippen molar-refractivity contribution in [1.29, 1.82) is 0 Å². The van der Waals surface area contributed by atoms with Gasteiger partial charge >= 0.3 is 5.97 Å². The topological polar surface area (TPSA) is 95.1 Å². The Balaban J connectivity index is 2.84. The third kappa shape index (κ3) is 3.81. The quantitative estimate of drug-likeness (QED) is 0.708. The minimum absolute atomic E-state index is 0.299. The number of amides is 1. The lowest BCUT2D eigenvalue weighted by Crippen LogP contribution is -2.44. The fourth-order valence-corrected chi connectivity index (χ4v) is 1.96. The molecule has 0 saturated heterocycles. The Hall–Kier alpha value is -1.85. The summed E-state index contributed by atoms with van der Waals surface area (Å²) in [5.41, 5.74) is -0.641. The average Bonchev–Trinajstić information content (AvgIpc) is 2.76. The zero-order chi connectivity index (χ0) is 14.6. The van der Waals surface area contributed by atoms with Crippen LogP contribution >= 0.6 is 0 Å². The maximum absolute atomic E-state index is 12.2. The van der Waals surface area contributed by atoms with Gasteiger partial charge in [0.25, 0.3) is 0 Å². The Labute approximate surface area is 112 Å². The lowest BCUT2D eigenvalue weighted by molar-refractivity contribution is -0.151. The van der Waals surface area contributed by atoms with Gasteiger partial charge < -0.3 is 15.4 Å². The number of H-pyrrole nitrogens is 1. The molecule has 6 nitrogen and oxygen atoms in total. The first-order chi connectivity index (χ1) is 8.77. The number of imidazole rings is 1. The summed E-state index contributed by atoms with van der Waals surface area (Å²) in [7, 11) is 0. The van der Waals surface area contributed by atoms with Crippen molar-refractivity contribution in [3.8, 4) is 0 Å². The monoisotopic (exact) mass is 267 g/mol. The molecule has 0 aliphatic rings. The molecule has 0 bridgehead atoms. The first kappa shape index (κ1) is 15.2. The highest BCUT2D eigenvalue weighted by molar-refractivity contribution is 5.97. The lowest BCUT2D eigenvalue weighted by atomic mass is 9.80. The molecule has 0 spiro atoms. The molecule has 1 amide bonds. The third-order valence-electron chi connectivity index (χ3n) is 2.95. The largest absolute Gasteiger partial charge is 0.481 e. The van der Waals surface area contributed by atoms with Crippen molar-refractivity contribution in [2.75, 3.05) is 0 Å². The van der Waals surface area contributed by atoms with E-state index >= 15 is 0 Å². The molecule has 0 radical (unpaired) electrons. The number of rotatable bonds is 5. The first-order valence-electron chi connectivity index (χ1n) is 6.29. The van der Waals surface area contributed by atoms with Gasteiger partial charge in [-0.05, 0) is 11.8 Å². The molecular weight excluding hydrogens is 246 g/mol. The van der Waals surface area contributed by atoms with Gasteiger partial charge in [-0.3, -0.25) is 9.59 Å². The van der Waals surface area contributed by atoms with Crippen LogP contribution in [-0.4, -0.2) is 27.0 Å². The standard InChI is InChI=1S/C13H21N3O3/c1-5-8(10-14-6-7-15-10)16-11(17)9(12(18)19)13(2,3)4/h6-9H,5H2,1-4H3,(H,14,15)(H,16,17)(H,18,19). The number of carboxylic acids is 1. The number of hydrogen-bond donors (Lipinski definition) is 3. The summed E-state index contributed by atoms with van der Waals surface area (Å²) in [4.78, 5) is 30.4. The average molecular weight is 267 g/mol. The predicted molar refractivity (Wildman–Crippen MR) is 70.3 cm³/mol. The van der Waals surface area contributed by atoms with E-state index in [4.69, 9.17) is 0 Å². The molecule has 0 aliphatic heterocycles. The summed E-state index contributed by atoms with van der Waals surface area (Å²) in [6.07, 6.45) is 3.90. The van der Waals surface area contributed by atoms with Crippen LogP contribution in [0.25, 0.3) is 0 Å². The zero-order valence-electron chi connectivity index (χ0n) is 11.7. The maximum Gasteiger partial charge on any atom is 0.316 e. The van der Waals surface area contributed by atoms with Crippen molar-refractivity contribution in [2.45, 2.75) is 40.2 Å². The Bertz CT molecular complexity index is 434. The van der Waals surface area contributed by atoms with Crippen LogP contribution in [-0.2, 0) is 9.59 Å². The number of aromatic amines is 1. The molecule has 1 aromatic rings. The lowest BCUT2D eigenvalue weighted by Gasteiger charge is -2.27. The highest BCUT2D eigenvalue weighted by Crippen LogP contribution is 2.27. The molecule has 0 saturated carbocycles. The van der Waals surface area contributed by atoms with Gasteiger partial charge in [0.2, 0.25) is 5.91 Å². The second-order valence-electron chi connectivity index (χ2n) is 5.58. The maximum atomic E-state index is 12.2. The van der Waals surface area contributed by atoms with Crippen molar-refractivity contribution >= 4 is 11.9 Å². The molecule has 2 atom stereocenters. The third-order valence-corrected chi connectivity index (χ3v) is 2.95. The van der Waals surface area contributed by atoms with E-state index in [1.54, 1.807) is 33.2 Å². The van der Waals surface area contributed by atoms with E-state index in [9.17, 15) is 14.7 Å². The first-order valence-corrected chi connectivity index (χ1v) is 6.29. The summed E-state index contributed by atoms with van der Waals surface area (Å²) in [6.45, 7) is 7.11. The molecular formula is C13H21N3O3. The van der Waals surface area contributed by atoms with Crippen LogP contribution in [0.4, 0.5) is 0 Å². The van der Waals surface area contributed by atoms with Gasteiger partial charge in [0.05, 0.1) is 6.04 Å². The van der Waals surface area contributed by atoms with Crippen LogP contribution in [0, 0.1) is 11.3 Å². The number of nitrogens with one attached hydrogen (secondary N) is 2. The van der Waals surface area contributed by atoms with E-state index in [0.29, 0.717) is 12.2 Å². The van der Waals surface area contributed by atoms with Crippen LogP contribution in [0.5, 0.6) is 0 Å². The van der Waals surface area contributed by atoms with E-state index in [2.05, 4.69) is 15.3 Å². The van der Waals surface area contributed by atoms with Crippen LogP contribution in [0.15, 0.2) is 12.4 Å². The van der Waals surface area contributed by atoms with E-state index < -0.39 is 23.2 Å². The second-order valence-corrected chi connectivity index (χ2v) is 5.58. The molecule has 3 N–H and O–H groups in total. The molecule has 0 aliphatic carbocycles. The number of carboxylic acid groups (broad SMARTS) is 1. The van der Waals surface area contributed by atoms with Crippen LogP contribution in [0.1, 0.15) is 46.0 Å². The van der Waals surface area contributed by atoms with Crippen LogP contribution in [0.3, 0.4) is 0 Å². The number of aromatic nitrogens is 2. The number of nitrogens with zero attached hydrogens (tertiary/aromatic N) is 1. The van der Waals surface area contributed by atoms with Gasteiger partial charge in [-0.1, -0.05) is 27.7 Å². The van der Waals surface area contributed by atoms with Crippen LogP contribution < -0.4 is 5.32 Å². The van der Waals surface area contributed by atoms with Gasteiger partial charge in [0.15, 0.2) is 0 Å². The van der Waals surface area contributed by atoms with E-state index in [1.165, 1.54) is 0 Å². The van der Waals surface area contributed by atoms with Crippen molar-refractivity contribution in [2.24, 2.45) is 11.3 Å². The molecule has 0 aromatic carbocycles. The molecule has 2 unspecified atom stereocenters. The Morgan fingerprint density at radius 2 is 2.11 bits per heavy atom.